The first-order valence-corrected chi connectivity index (χ1v) is 21.1. The topological polar surface area (TPSA) is 475 Å². The van der Waals surface area contributed by atoms with Crippen molar-refractivity contribution in [3.63, 3.8) is 0 Å². The van der Waals surface area contributed by atoms with Crippen LogP contribution in [0.2, 0.25) is 0 Å². The smallest absolute Gasteiger partial charge is 0.187 e. The van der Waals surface area contributed by atoms with E-state index < -0.39 is 224 Å². The molecule has 12 bridgehead atoms. The molecular weight excluding hydrogens is 912 g/mol. The lowest BCUT2D eigenvalue weighted by molar-refractivity contribution is -0.404. The number of aliphatic hydroxyl groups is 18. The van der Waals surface area contributed by atoms with Gasteiger partial charge >= 0.3 is 0 Å². The van der Waals surface area contributed by atoms with Crippen LogP contribution >= 0.6 is 0 Å². The van der Waals surface area contributed by atoms with Crippen molar-refractivity contribution in [1.29, 1.82) is 0 Å². The summed E-state index contributed by atoms with van der Waals surface area (Å²) >= 11 is 0. The Morgan fingerprint density at radius 2 is 0.303 bits per heavy atom. The van der Waals surface area contributed by atoms with Gasteiger partial charge in [0.1, 0.15) is 146 Å². The molecule has 22 rings (SSSR count). The zero-order chi connectivity index (χ0) is 48.0. The Morgan fingerprint density at radius 1 is 0.182 bits per heavy atom. The second-order valence-corrected chi connectivity index (χ2v) is 16.8. The summed E-state index contributed by atoms with van der Waals surface area (Å²) in [6.07, 6.45) is -58.5. The quantitative estimate of drug-likeness (QED) is 0.117. The molecule has 66 heavy (non-hydrogen) atoms. The molecule has 0 aromatic heterocycles. The highest BCUT2D eigenvalue weighted by Gasteiger charge is 2.58. The lowest BCUT2D eigenvalue weighted by atomic mass is 9.94. The summed E-state index contributed by atoms with van der Waals surface area (Å²) in [5, 5.41) is 196. The Hall–Kier alpha value is -1.20. The molecule has 0 amide bonds. The van der Waals surface area contributed by atoms with Crippen molar-refractivity contribution in [1.82, 2.24) is 0 Å². The van der Waals surface area contributed by atoms with Gasteiger partial charge in [0.15, 0.2) is 37.7 Å². The molecule has 30 heteroatoms. The summed E-state index contributed by atoms with van der Waals surface area (Å²) < 4.78 is 67.9. The van der Waals surface area contributed by atoms with Gasteiger partial charge in [-0.25, -0.2) is 0 Å². The van der Waals surface area contributed by atoms with Gasteiger partial charge in [-0.05, 0) is 0 Å². The first kappa shape index (κ1) is 52.6. The molecule has 0 spiro atoms. The third-order valence-electron chi connectivity index (χ3n) is 12.7. The van der Waals surface area contributed by atoms with Crippen LogP contribution < -0.4 is 0 Å². The zero-order valence-corrected chi connectivity index (χ0v) is 34.5. The number of rotatable bonds is 6. The first-order chi connectivity index (χ1) is 31.4. The summed E-state index contributed by atoms with van der Waals surface area (Å²) in [7, 11) is 0. The highest BCUT2D eigenvalue weighted by atomic mass is 16.8. The SMILES string of the molecule is OC[C@H]1OC2OC3[C@@H](CO)OC(O[C@H]4[C@H](O)[C@@H](O)C(O[C@H]5[C@H](O)[C@@H](O)C(O[C@H]6[C@H](O)[C@@H](O)C(O[C@H]7[C@H](O)[C@@H](O)C(OC1C(O)[C@H]2O)O[C@@H]7CO)O[C@@H]6CO)O[C@@H]5CO)O[C@@H]4CO)[C@H](O)[C@H]3O. The van der Waals surface area contributed by atoms with Crippen LogP contribution in [0.1, 0.15) is 0 Å². The van der Waals surface area contributed by atoms with Crippen molar-refractivity contribution < 1.29 is 149 Å². The summed E-state index contributed by atoms with van der Waals surface area (Å²) in [6, 6.07) is 0. The molecule has 0 saturated carbocycles. The maximum Gasteiger partial charge on any atom is 0.187 e. The van der Waals surface area contributed by atoms with Gasteiger partial charge in [-0.3, -0.25) is 0 Å². The van der Waals surface area contributed by atoms with Crippen LogP contribution in [0.3, 0.4) is 0 Å². The average Bonchev–Trinajstić information content (AvgIpc) is 3.31. The summed E-state index contributed by atoms with van der Waals surface area (Å²) in [5.74, 6) is 0. The van der Waals surface area contributed by atoms with Gasteiger partial charge in [-0.2, -0.15) is 0 Å². The monoisotopic (exact) mass is 972 g/mol. The molecule has 22 aliphatic rings. The Bertz CT molecular complexity index is 1230. The van der Waals surface area contributed by atoms with Crippen LogP contribution in [0.15, 0.2) is 0 Å². The maximum atomic E-state index is 11.2. The van der Waals surface area contributed by atoms with E-state index in [4.69, 9.17) is 56.8 Å². The molecule has 0 radical (unpaired) electrons. The minimum atomic E-state index is -2.15. The molecule has 0 aromatic carbocycles. The molecule has 22 heterocycles. The van der Waals surface area contributed by atoms with Gasteiger partial charge < -0.3 is 149 Å². The van der Waals surface area contributed by atoms with Gasteiger partial charge in [-0.15, -0.1) is 0 Å². The van der Waals surface area contributed by atoms with Gasteiger partial charge in [-0.1, -0.05) is 0 Å². The second kappa shape index (κ2) is 22.1. The van der Waals surface area contributed by atoms with E-state index in [-0.39, 0.29) is 0 Å². The van der Waals surface area contributed by atoms with Crippen molar-refractivity contribution in [2.45, 2.75) is 184 Å². The molecular formula is C36H60O30. The Labute approximate surface area is 372 Å². The molecule has 9 unspecified atom stereocenters. The summed E-state index contributed by atoms with van der Waals surface area (Å²) in [6.45, 7) is -5.99. The van der Waals surface area contributed by atoms with Crippen LogP contribution in [0.25, 0.3) is 0 Å². The number of ether oxygens (including phenoxy) is 12. The summed E-state index contributed by atoms with van der Waals surface area (Å²) in [5.41, 5.74) is 0. The normalized spacial score (nSPS) is 55.4. The van der Waals surface area contributed by atoms with Gasteiger partial charge in [0.2, 0.25) is 0 Å². The minimum absolute atomic E-state index is 0.999. The predicted molar refractivity (Wildman–Crippen MR) is 196 cm³/mol. The molecule has 22 fully saturated rings. The molecule has 384 valence electrons. The van der Waals surface area contributed by atoms with E-state index in [2.05, 4.69) is 0 Å². The number of hydrogen-bond acceptors (Lipinski definition) is 30. The fourth-order valence-electron chi connectivity index (χ4n) is 8.93. The van der Waals surface area contributed by atoms with E-state index in [1.807, 2.05) is 0 Å². The van der Waals surface area contributed by atoms with Gasteiger partial charge in [0, 0.05) is 0 Å². The molecule has 0 aromatic rings. The molecule has 30 atom stereocenters. The van der Waals surface area contributed by atoms with Crippen molar-refractivity contribution in [2.24, 2.45) is 0 Å². The van der Waals surface area contributed by atoms with E-state index in [1.54, 1.807) is 0 Å². The fourth-order valence-corrected chi connectivity index (χ4v) is 8.93. The maximum absolute atomic E-state index is 11.2. The van der Waals surface area contributed by atoms with Crippen molar-refractivity contribution in [3.05, 3.63) is 0 Å². The minimum Gasteiger partial charge on any atom is -0.394 e. The van der Waals surface area contributed by atoms with Crippen molar-refractivity contribution >= 4 is 0 Å². The van der Waals surface area contributed by atoms with Crippen LogP contribution in [-0.4, -0.2) is 316 Å². The van der Waals surface area contributed by atoms with E-state index in [0.717, 1.165) is 0 Å². The van der Waals surface area contributed by atoms with Gasteiger partial charge in [0.05, 0.1) is 39.6 Å². The molecule has 18 N–H and O–H groups in total. The number of hydrogen-bond donors (Lipinski definition) is 18. The fraction of sp³-hybridized carbons (Fsp3) is 1.00. The Kier molecular flexibility index (Phi) is 17.6. The van der Waals surface area contributed by atoms with Crippen LogP contribution in [0.5, 0.6) is 0 Å². The van der Waals surface area contributed by atoms with Crippen molar-refractivity contribution in [2.75, 3.05) is 39.6 Å². The number of aliphatic hydroxyl groups excluding tert-OH is 18. The van der Waals surface area contributed by atoms with E-state index in [0.29, 0.717) is 0 Å². The Balaban J connectivity index is 1.19. The lowest BCUT2D eigenvalue weighted by Gasteiger charge is -2.50. The third kappa shape index (κ3) is 10.0. The lowest BCUT2D eigenvalue weighted by Crippen LogP contribution is -2.69. The third-order valence-corrected chi connectivity index (χ3v) is 12.7. The highest BCUT2D eigenvalue weighted by molar-refractivity contribution is 5.01. The van der Waals surface area contributed by atoms with Crippen LogP contribution in [-0.2, 0) is 56.8 Å². The molecule has 30 nitrogen and oxygen atoms in total. The largest absolute Gasteiger partial charge is 0.394 e. The van der Waals surface area contributed by atoms with Crippen LogP contribution in [0.4, 0.5) is 0 Å². The van der Waals surface area contributed by atoms with E-state index in [1.165, 1.54) is 0 Å². The molecule has 0 aliphatic carbocycles. The Morgan fingerprint density at radius 3 is 0.409 bits per heavy atom. The first-order valence-electron chi connectivity index (χ1n) is 21.1. The standard InChI is InChI=1S/C36H60O30/c37-1-7-25-13(43)19(49)31(55-7)62-26-8(2-38)57-33(21(51)15(26)45)64-28-10(4-40)59-35(23(53)17(28)47)66-30-12(6-42)60-36(24(54)18(30)48)65-29-11(5-41)58-34(22(52)16(29)46)63-27-9(3-39)56-32(61-25)20(50)14(27)44/h7-54H,1-6H2/t7-,8-,9-,10-,11-,12-,13-,14-,15-,16-,17-,18?,19-,20-,21-,22-,23-,24-,25-,26-,27-,28-,29?,30?,31?,32?,33?,34?,35?,36?/m1/s1. The van der Waals surface area contributed by atoms with Gasteiger partial charge in [0.25, 0.3) is 0 Å². The average molecular weight is 973 g/mol. The van der Waals surface area contributed by atoms with Crippen LogP contribution in [0, 0.1) is 0 Å². The predicted octanol–water partition coefficient (Wildman–Crippen LogP) is -13.1. The molecule has 22 aliphatic heterocycles. The highest BCUT2D eigenvalue weighted by Crippen LogP contribution is 2.38. The zero-order valence-electron chi connectivity index (χ0n) is 34.5. The second-order valence-electron chi connectivity index (χ2n) is 16.8. The van der Waals surface area contributed by atoms with E-state index >= 15 is 0 Å². The molecule has 22 saturated heterocycles. The van der Waals surface area contributed by atoms with E-state index in [9.17, 15) is 91.9 Å². The summed E-state index contributed by atoms with van der Waals surface area (Å²) in [4.78, 5) is 0. The van der Waals surface area contributed by atoms with Crippen molar-refractivity contribution in [3.8, 4) is 0 Å².